The second kappa shape index (κ2) is 6.02. The van der Waals surface area contributed by atoms with Crippen LogP contribution in [0.1, 0.15) is 18.7 Å². The average molecular weight is 321 g/mol. The summed E-state index contributed by atoms with van der Waals surface area (Å²) in [6.45, 7) is 2.89. The molecular weight excluding hydrogens is 302 g/mol. The largest absolute Gasteiger partial charge is 0.455 e. The minimum Gasteiger partial charge on any atom is -0.455 e. The molecule has 1 aromatic carbocycles. The number of furan rings is 1. The van der Waals surface area contributed by atoms with E-state index in [0.29, 0.717) is 11.5 Å². The highest BCUT2D eigenvalue weighted by Crippen LogP contribution is 2.25. The summed E-state index contributed by atoms with van der Waals surface area (Å²) in [4.78, 5) is 4.43. The Kier molecular flexibility index (Phi) is 3.70. The highest BCUT2D eigenvalue weighted by molar-refractivity contribution is 5.79. The first-order valence-corrected chi connectivity index (χ1v) is 8.03. The Hall–Kier alpha value is -2.79. The van der Waals surface area contributed by atoms with E-state index in [9.17, 15) is 5.11 Å². The number of nitrogens with zero attached hydrogens (tertiary/aromatic N) is 3. The third-order valence-electron chi connectivity index (χ3n) is 4.32. The van der Waals surface area contributed by atoms with Gasteiger partial charge in [-0.25, -0.2) is 4.98 Å². The first-order valence-electron chi connectivity index (χ1n) is 8.03. The smallest absolute Gasteiger partial charge is 0.176 e. The zero-order valence-corrected chi connectivity index (χ0v) is 13.5. The van der Waals surface area contributed by atoms with Crippen LogP contribution in [-0.2, 0) is 13.2 Å². The monoisotopic (exact) mass is 321 g/mol. The number of benzene rings is 1. The molecule has 0 saturated carbocycles. The summed E-state index contributed by atoms with van der Waals surface area (Å²) in [7, 11) is 0. The molecule has 0 aliphatic rings. The normalized spacial score (nSPS) is 12.8. The van der Waals surface area contributed by atoms with E-state index in [4.69, 9.17) is 4.42 Å². The summed E-state index contributed by atoms with van der Waals surface area (Å²) in [5, 5.41) is 10.4. The number of para-hydroxylation sites is 1. The van der Waals surface area contributed by atoms with Crippen molar-refractivity contribution in [3.05, 3.63) is 66.8 Å². The van der Waals surface area contributed by atoms with E-state index < -0.39 is 0 Å². The van der Waals surface area contributed by atoms with Gasteiger partial charge >= 0.3 is 0 Å². The van der Waals surface area contributed by atoms with Crippen molar-refractivity contribution in [1.29, 1.82) is 0 Å². The van der Waals surface area contributed by atoms with Crippen LogP contribution in [0.15, 0.2) is 65.5 Å². The van der Waals surface area contributed by atoms with Crippen LogP contribution in [0.25, 0.3) is 22.5 Å². The quantitative estimate of drug-likeness (QED) is 0.607. The Bertz CT molecular complexity index is 964. The van der Waals surface area contributed by atoms with E-state index >= 15 is 0 Å². The van der Waals surface area contributed by atoms with Crippen molar-refractivity contribution < 1.29 is 9.52 Å². The van der Waals surface area contributed by atoms with Gasteiger partial charge in [-0.1, -0.05) is 18.2 Å². The number of aliphatic hydroxyl groups excluding tert-OH is 1. The standard InChI is InChI=1S/C19H19N3O2/c1-14(12-21-10-8-15-4-2-3-5-17(15)21)22-11-9-20-19(22)18-7-6-16(13-23)24-18/h2-11,14,23H,12-13H2,1H3. The SMILES string of the molecule is CC(Cn1ccc2ccccc21)n1ccnc1-c1ccc(CO)o1. The molecule has 0 bridgehead atoms. The Morgan fingerprint density at radius 1 is 1.12 bits per heavy atom. The van der Waals surface area contributed by atoms with Gasteiger partial charge in [-0.15, -0.1) is 0 Å². The first kappa shape index (κ1) is 14.8. The van der Waals surface area contributed by atoms with Crippen molar-refractivity contribution in [1.82, 2.24) is 14.1 Å². The maximum atomic E-state index is 9.17. The predicted molar refractivity (Wildman–Crippen MR) is 92.5 cm³/mol. The number of fused-ring (bicyclic) bond motifs is 1. The lowest BCUT2D eigenvalue weighted by atomic mass is 10.2. The van der Waals surface area contributed by atoms with Crippen LogP contribution in [0.2, 0.25) is 0 Å². The highest BCUT2D eigenvalue weighted by atomic mass is 16.4. The van der Waals surface area contributed by atoms with Gasteiger partial charge in [-0.2, -0.15) is 0 Å². The third-order valence-corrected chi connectivity index (χ3v) is 4.32. The fourth-order valence-corrected chi connectivity index (χ4v) is 3.12. The first-order chi connectivity index (χ1) is 11.8. The minimum absolute atomic E-state index is 0.106. The van der Waals surface area contributed by atoms with Crippen molar-refractivity contribution in [2.24, 2.45) is 0 Å². The highest BCUT2D eigenvalue weighted by Gasteiger charge is 2.15. The Balaban J connectivity index is 1.63. The topological polar surface area (TPSA) is 56.1 Å². The van der Waals surface area contributed by atoms with Gasteiger partial charge in [0, 0.05) is 30.7 Å². The number of rotatable bonds is 5. The van der Waals surface area contributed by atoms with E-state index in [-0.39, 0.29) is 12.6 Å². The maximum absolute atomic E-state index is 9.17. The molecule has 5 nitrogen and oxygen atoms in total. The molecule has 0 amide bonds. The van der Waals surface area contributed by atoms with E-state index in [1.165, 1.54) is 10.9 Å². The lowest BCUT2D eigenvalue weighted by molar-refractivity contribution is 0.248. The molecule has 1 unspecified atom stereocenters. The molecular formula is C19H19N3O2. The number of hydrogen-bond donors (Lipinski definition) is 1. The molecule has 0 fully saturated rings. The zero-order chi connectivity index (χ0) is 16.5. The van der Waals surface area contributed by atoms with E-state index in [0.717, 1.165) is 12.4 Å². The molecule has 1 N–H and O–H groups in total. The van der Waals surface area contributed by atoms with Crippen LogP contribution in [0, 0.1) is 0 Å². The summed E-state index contributed by atoms with van der Waals surface area (Å²) < 4.78 is 9.99. The third kappa shape index (κ3) is 2.53. The molecule has 0 spiro atoms. The molecule has 4 rings (SSSR count). The molecule has 24 heavy (non-hydrogen) atoms. The van der Waals surface area contributed by atoms with Crippen molar-refractivity contribution in [3.63, 3.8) is 0 Å². The van der Waals surface area contributed by atoms with Gasteiger partial charge in [0.15, 0.2) is 11.6 Å². The molecule has 5 heteroatoms. The fraction of sp³-hybridized carbons (Fsp3) is 0.211. The molecule has 0 aliphatic carbocycles. The van der Waals surface area contributed by atoms with Crippen LogP contribution in [0.3, 0.4) is 0 Å². The van der Waals surface area contributed by atoms with Crippen LogP contribution in [-0.4, -0.2) is 19.2 Å². The molecule has 122 valence electrons. The van der Waals surface area contributed by atoms with Crippen molar-refractivity contribution >= 4 is 10.9 Å². The predicted octanol–water partition coefficient (Wildman–Crippen LogP) is 3.85. The molecule has 0 radical (unpaired) electrons. The van der Waals surface area contributed by atoms with Crippen LogP contribution in [0.5, 0.6) is 0 Å². The van der Waals surface area contributed by atoms with Crippen molar-refractivity contribution in [2.45, 2.75) is 26.1 Å². The van der Waals surface area contributed by atoms with Crippen LogP contribution in [0.4, 0.5) is 0 Å². The van der Waals surface area contributed by atoms with Gasteiger partial charge in [0.1, 0.15) is 12.4 Å². The molecule has 4 aromatic rings. The zero-order valence-electron chi connectivity index (χ0n) is 13.5. The molecule has 3 heterocycles. The van der Waals surface area contributed by atoms with Gasteiger partial charge < -0.3 is 18.7 Å². The van der Waals surface area contributed by atoms with Gasteiger partial charge in [0.05, 0.1) is 6.04 Å². The fourth-order valence-electron chi connectivity index (χ4n) is 3.12. The van der Waals surface area contributed by atoms with Gasteiger partial charge in [-0.05, 0) is 36.6 Å². The Labute approximate surface area is 139 Å². The number of imidazole rings is 1. The Morgan fingerprint density at radius 3 is 2.83 bits per heavy atom. The van der Waals surface area contributed by atoms with E-state index in [2.05, 4.69) is 57.6 Å². The summed E-state index contributed by atoms with van der Waals surface area (Å²) >= 11 is 0. The average Bonchev–Trinajstić information content (AvgIpc) is 3.34. The van der Waals surface area contributed by atoms with Crippen LogP contribution < -0.4 is 0 Å². The van der Waals surface area contributed by atoms with E-state index in [1.807, 2.05) is 12.3 Å². The Morgan fingerprint density at radius 2 is 2.00 bits per heavy atom. The lowest BCUT2D eigenvalue weighted by Crippen LogP contribution is -2.12. The van der Waals surface area contributed by atoms with E-state index in [1.54, 1.807) is 12.3 Å². The molecule has 1 atom stereocenters. The molecule has 0 saturated heterocycles. The van der Waals surface area contributed by atoms with Gasteiger partial charge in [-0.3, -0.25) is 0 Å². The summed E-state index contributed by atoms with van der Waals surface area (Å²) in [5.41, 5.74) is 1.23. The second-order valence-electron chi connectivity index (χ2n) is 5.96. The van der Waals surface area contributed by atoms with Crippen molar-refractivity contribution in [2.75, 3.05) is 0 Å². The van der Waals surface area contributed by atoms with Gasteiger partial charge in [0.2, 0.25) is 0 Å². The number of aromatic nitrogens is 3. The van der Waals surface area contributed by atoms with Crippen molar-refractivity contribution in [3.8, 4) is 11.6 Å². The minimum atomic E-state index is -0.106. The second-order valence-corrected chi connectivity index (χ2v) is 5.96. The number of hydrogen-bond acceptors (Lipinski definition) is 3. The molecule has 3 aromatic heterocycles. The summed E-state index contributed by atoms with van der Waals surface area (Å²) in [5.74, 6) is 2.00. The summed E-state index contributed by atoms with van der Waals surface area (Å²) in [6.07, 6.45) is 5.86. The van der Waals surface area contributed by atoms with Crippen LogP contribution >= 0.6 is 0 Å². The maximum Gasteiger partial charge on any atom is 0.176 e. The molecule has 0 aliphatic heterocycles. The summed E-state index contributed by atoms with van der Waals surface area (Å²) in [6, 6.07) is 14.3. The lowest BCUT2D eigenvalue weighted by Gasteiger charge is -2.17. The van der Waals surface area contributed by atoms with Gasteiger partial charge in [0.25, 0.3) is 0 Å². The number of aliphatic hydroxyl groups is 1.